The van der Waals surface area contributed by atoms with Crippen LogP contribution in [0.5, 0.6) is 0 Å². The zero-order chi connectivity index (χ0) is 11.3. The summed E-state index contributed by atoms with van der Waals surface area (Å²) >= 11 is 0. The number of rotatable bonds is 5. The predicted molar refractivity (Wildman–Crippen MR) is 69.0 cm³/mol. The highest BCUT2D eigenvalue weighted by molar-refractivity contribution is 4.80. The van der Waals surface area contributed by atoms with E-state index >= 15 is 0 Å². The van der Waals surface area contributed by atoms with Crippen LogP contribution in [0.25, 0.3) is 0 Å². The van der Waals surface area contributed by atoms with Gasteiger partial charge in [-0.2, -0.15) is 0 Å². The van der Waals surface area contributed by atoms with Crippen molar-refractivity contribution in [2.45, 2.75) is 72.6 Å². The second-order valence-electron chi connectivity index (χ2n) is 6.08. The van der Waals surface area contributed by atoms with Gasteiger partial charge in [0, 0.05) is 0 Å². The van der Waals surface area contributed by atoms with Crippen LogP contribution >= 0.6 is 0 Å². The molecule has 1 aliphatic rings. The molecule has 0 bridgehead atoms. The van der Waals surface area contributed by atoms with Crippen molar-refractivity contribution in [2.75, 3.05) is 0 Å². The van der Waals surface area contributed by atoms with Crippen molar-refractivity contribution in [3.05, 3.63) is 0 Å². The molecule has 0 spiro atoms. The van der Waals surface area contributed by atoms with Crippen LogP contribution in [0.15, 0.2) is 0 Å². The van der Waals surface area contributed by atoms with E-state index in [0.717, 1.165) is 23.7 Å². The van der Waals surface area contributed by atoms with Crippen LogP contribution in [0.1, 0.15) is 72.6 Å². The maximum atomic E-state index is 2.45. The van der Waals surface area contributed by atoms with Gasteiger partial charge in [-0.25, -0.2) is 0 Å². The second kappa shape index (κ2) is 6.55. The first-order chi connectivity index (χ1) is 7.15. The van der Waals surface area contributed by atoms with E-state index in [9.17, 15) is 0 Å². The van der Waals surface area contributed by atoms with Gasteiger partial charge in [0.2, 0.25) is 0 Å². The summed E-state index contributed by atoms with van der Waals surface area (Å²) in [6, 6.07) is 0. The summed E-state index contributed by atoms with van der Waals surface area (Å²) in [6.07, 6.45) is 10.3. The fourth-order valence-electron chi connectivity index (χ4n) is 3.39. The second-order valence-corrected chi connectivity index (χ2v) is 6.08. The third-order valence-electron chi connectivity index (χ3n) is 4.34. The van der Waals surface area contributed by atoms with E-state index in [2.05, 4.69) is 27.7 Å². The van der Waals surface area contributed by atoms with Crippen LogP contribution in [0, 0.1) is 23.7 Å². The van der Waals surface area contributed by atoms with Gasteiger partial charge in [-0.3, -0.25) is 0 Å². The molecular weight excluding hydrogens is 180 g/mol. The van der Waals surface area contributed by atoms with Crippen molar-refractivity contribution >= 4 is 0 Å². The van der Waals surface area contributed by atoms with E-state index in [-0.39, 0.29) is 0 Å². The van der Waals surface area contributed by atoms with E-state index in [1.54, 1.807) is 0 Å². The smallest absolute Gasteiger partial charge is 0.0362 e. The molecule has 0 saturated heterocycles. The van der Waals surface area contributed by atoms with Gasteiger partial charge in [0.05, 0.1) is 0 Å². The molecule has 3 atom stereocenters. The molecule has 0 amide bonds. The van der Waals surface area contributed by atoms with E-state index in [1.807, 2.05) is 0 Å². The van der Waals surface area contributed by atoms with E-state index in [0.29, 0.717) is 0 Å². The first kappa shape index (κ1) is 13.1. The van der Waals surface area contributed by atoms with Gasteiger partial charge < -0.3 is 0 Å². The Morgan fingerprint density at radius 2 is 1.87 bits per heavy atom. The maximum Gasteiger partial charge on any atom is -0.0362 e. The Labute approximate surface area is 96.8 Å². The van der Waals surface area contributed by atoms with Crippen molar-refractivity contribution in [3.8, 4) is 0 Å². The molecule has 0 aromatic rings. The molecule has 1 saturated carbocycles. The van der Waals surface area contributed by atoms with Crippen molar-refractivity contribution in [3.63, 3.8) is 0 Å². The van der Waals surface area contributed by atoms with E-state index in [1.165, 1.54) is 44.9 Å². The Morgan fingerprint density at radius 1 is 1.13 bits per heavy atom. The highest BCUT2D eigenvalue weighted by Crippen LogP contribution is 2.40. The van der Waals surface area contributed by atoms with Crippen molar-refractivity contribution in [2.24, 2.45) is 23.7 Å². The van der Waals surface area contributed by atoms with Gasteiger partial charge >= 0.3 is 0 Å². The lowest BCUT2D eigenvalue weighted by molar-refractivity contribution is 0.133. The van der Waals surface area contributed by atoms with Crippen molar-refractivity contribution in [1.82, 2.24) is 0 Å². The maximum absolute atomic E-state index is 2.45. The Bertz CT molecular complexity index is 159. The first-order valence-corrected chi connectivity index (χ1v) is 7.15. The SMILES string of the molecule is CCCCCC1CC(C)CCC1C(C)C. The summed E-state index contributed by atoms with van der Waals surface area (Å²) in [5.74, 6) is 3.97. The van der Waals surface area contributed by atoms with Crippen molar-refractivity contribution < 1.29 is 0 Å². The minimum absolute atomic E-state index is 0.907. The zero-order valence-electron chi connectivity index (χ0n) is 11.3. The highest BCUT2D eigenvalue weighted by atomic mass is 14.3. The normalized spacial score (nSPS) is 32.2. The van der Waals surface area contributed by atoms with Crippen LogP contribution in [0.3, 0.4) is 0 Å². The summed E-state index contributed by atoms with van der Waals surface area (Å²) in [7, 11) is 0. The highest BCUT2D eigenvalue weighted by Gasteiger charge is 2.29. The molecule has 0 N–H and O–H groups in total. The van der Waals surface area contributed by atoms with Gasteiger partial charge in [-0.05, 0) is 36.5 Å². The molecule has 0 aromatic heterocycles. The molecule has 0 heteroatoms. The minimum Gasteiger partial charge on any atom is -0.0654 e. The van der Waals surface area contributed by atoms with Crippen LogP contribution in [0.2, 0.25) is 0 Å². The lowest BCUT2D eigenvalue weighted by Crippen LogP contribution is -2.27. The Hall–Kier alpha value is 0. The summed E-state index contributed by atoms with van der Waals surface area (Å²) in [5.41, 5.74) is 0. The Morgan fingerprint density at radius 3 is 2.47 bits per heavy atom. The molecule has 1 aliphatic carbocycles. The lowest BCUT2D eigenvalue weighted by atomic mass is 9.68. The van der Waals surface area contributed by atoms with Crippen molar-refractivity contribution in [1.29, 1.82) is 0 Å². The average molecular weight is 210 g/mol. The molecule has 3 unspecified atom stereocenters. The molecule has 0 heterocycles. The lowest BCUT2D eigenvalue weighted by Gasteiger charge is -2.37. The van der Waals surface area contributed by atoms with E-state index < -0.39 is 0 Å². The van der Waals surface area contributed by atoms with Crippen LogP contribution < -0.4 is 0 Å². The monoisotopic (exact) mass is 210 g/mol. The molecule has 90 valence electrons. The first-order valence-electron chi connectivity index (χ1n) is 7.15. The van der Waals surface area contributed by atoms with Gasteiger partial charge in [0.25, 0.3) is 0 Å². The molecule has 0 aromatic carbocycles. The topological polar surface area (TPSA) is 0 Å². The molecule has 1 rings (SSSR count). The molecule has 0 radical (unpaired) electrons. The van der Waals surface area contributed by atoms with Crippen LogP contribution in [0.4, 0.5) is 0 Å². The quantitative estimate of drug-likeness (QED) is 0.542. The van der Waals surface area contributed by atoms with Crippen LogP contribution in [-0.4, -0.2) is 0 Å². The third-order valence-corrected chi connectivity index (χ3v) is 4.34. The molecule has 0 aliphatic heterocycles. The summed E-state index contributed by atoms with van der Waals surface area (Å²) < 4.78 is 0. The standard InChI is InChI=1S/C15H30/c1-5-6-7-8-14-11-13(4)9-10-15(14)12(2)3/h12-15H,5-11H2,1-4H3. The fourth-order valence-corrected chi connectivity index (χ4v) is 3.39. The number of hydrogen-bond acceptors (Lipinski definition) is 0. The van der Waals surface area contributed by atoms with Gasteiger partial charge in [-0.15, -0.1) is 0 Å². The van der Waals surface area contributed by atoms with Gasteiger partial charge in [0.15, 0.2) is 0 Å². The molecular formula is C15H30. The van der Waals surface area contributed by atoms with Gasteiger partial charge in [0.1, 0.15) is 0 Å². The molecule has 0 nitrogen and oxygen atoms in total. The zero-order valence-corrected chi connectivity index (χ0v) is 11.3. The Kier molecular flexibility index (Phi) is 5.71. The fraction of sp³-hybridized carbons (Fsp3) is 1.00. The van der Waals surface area contributed by atoms with Gasteiger partial charge in [-0.1, -0.05) is 59.8 Å². The largest absolute Gasteiger partial charge is 0.0654 e. The molecule has 1 fully saturated rings. The summed E-state index contributed by atoms with van der Waals surface area (Å²) in [5, 5.41) is 0. The number of hydrogen-bond donors (Lipinski definition) is 0. The molecule has 15 heavy (non-hydrogen) atoms. The Balaban J connectivity index is 2.39. The summed E-state index contributed by atoms with van der Waals surface area (Å²) in [6.45, 7) is 9.60. The van der Waals surface area contributed by atoms with E-state index in [4.69, 9.17) is 0 Å². The average Bonchev–Trinajstić information content (AvgIpc) is 2.18. The minimum atomic E-state index is 0.907. The predicted octanol–water partition coefficient (Wildman–Crippen LogP) is 5.28. The third kappa shape index (κ3) is 4.17. The number of unbranched alkanes of at least 4 members (excludes halogenated alkanes) is 2. The summed E-state index contributed by atoms with van der Waals surface area (Å²) in [4.78, 5) is 0. The van der Waals surface area contributed by atoms with Crippen LogP contribution in [-0.2, 0) is 0 Å².